The van der Waals surface area contributed by atoms with Gasteiger partial charge in [0.2, 0.25) is 0 Å². The third-order valence-electron chi connectivity index (χ3n) is 2.94. The highest BCUT2D eigenvalue weighted by Gasteiger charge is 2.41. The summed E-state index contributed by atoms with van der Waals surface area (Å²) in [6.07, 6.45) is 1.03. The summed E-state index contributed by atoms with van der Waals surface area (Å²) in [5.41, 5.74) is -0.458. The first-order valence-electron chi connectivity index (χ1n) is 5.81. The van der Waals surface area contributed by atoms with Gasteiger partial charge in [-0.1, -0.05) is 0 Å². The Morgan fingerprint density at radius 2 is 2.00 bits per heavy atom. The Balaban J connectivity index is 2.39. The fourth-order valence-electron chi connectivity index (χ4n) is 1.96. The van der Waals surface area contributed by atoms with Crippen LogP contribution in [0.1, 0.15) is 23.2 Å². The van der Waals surface area contributed by atoms with E-state index in [2.05, 4.69) is 0 Å². The Hall–Kier alpha value is -1.67. The highest BCUT2D eigenvalue weighted by atomic mass is 35.5. The molecule has 2 rings (SSSR count). The van der Waals surface area contributed by atoms with Gasteiger partial charge in [0.05, 0.1) is 10.5 Å². The average molecular weight is 319 g/mol. The van der Waals surface area contributed by atoms with E-state index in [9.17, 15) is 23.3 Å². The predicted molar refractivity (Wildman–Crippen MR) is 71.3 cm³/mol. The Bertz CT molecular complexity index is 673. The molecule has 1 heterocycles. The van der Waals surface area contributed by atoms with Crippen LogP contribution in [0.25, 0.3) is 0 Å². The van der Waals surface area contributed by atoms with Crippen LogP contribution in [0.3, 0.4) is 0 Å². The molecule has 108 valence electrons. The minimum absolute atomic E-state index is 0.0242. The molecule has 1 aliphatic heterocycles. The van der Waals surface area contributed by atoms with Crippen molar-refractivity contribution in [2.24, 2.45) is 0 Å². The number of alkyl halides is 1. The van der Waals surface area contributed by atoms with Gasteiger partial charge in [-0.3, -0.25) is 14.9 Å². The summed E-state index contributed by atoms with van der Waals surface area (Å²) in [7, 11) is -3.90. The molecule has 0 N–H and O–H groups in total. The number of carbonyl (C=O) groups excluding carboxylic acids is 1. The number of benzene rings is 1. The van der Waals surface area contributed by atoms with Gasteiger partial charge < -0.3 is 0 Å². The molecule has 9 heteroatoms. The lowest BCUT2D eigenvalue weighted by molar-refractivity contribution is -0.384. The van der Waals surface area contributed by atoms with Gasteiger partial charge in [0.1, 0.15) is 4.90 Å². The number of hydrogen-bond donors (Lipinski definition) is 0. The van der Waals surface area contributed by atoms with Crippen molar-refractivity contribution in [2.75, 3.05) is 12.4 Å². The lowest BCUT2D eigenvalue weighted by atomic mass is 10.2. The van der Waals surface area contributed by atoms with E-state index in [1.54, 1.807) is 0 Å². The number of halogens is 1. The van der Waals surface area contributed by atoms with E-state index in [1.807, 2.05) is 0 Å². The molecule has 1 aromatic rings. The van der Waals surface area contributed by atoms with Crippen molar-refractivity contribution in [2.45, 2.75) is 17.7 Å². The smallest absolute Gasteiger partial charge is 0.268 e. The van der Waals surface area contributed by atoms with Crippen molar-refractivity contribution in [1.29, 1.82) is 0 Å². The molecule has 0 radical (unpaired) electrons. The fourth-order valence-corrected chi connectivity index (χ4v) is 3.73. The summed E-state index contributed by atoms with van der Waals surface area (Å²) >= 11 is 5.51. The standard InChI is InChI=1S/C11H11ClN2O5S/c12-5-1-2-6-13-11(15)9-7-8(14(16)17)3-4-10(9)20(13,18)19/h3-4,7H,1-2,5-6H2. The molecule has 0 saturated heterocycles. The van der Waals surface area contributed by atoms with Crippen molar-refractivity contribution >= 4 is 33.2 Å². The van der Waals surface area contributed by atoms with Crippen molar-refractivity contribution < 1.29 is 18.1 Å². The SMILES string of the molecule is O=C1c2cc([N+](=O)[O-])ccc2S(=O)(=O)N1CCCCCl. The molecule has 7 nitrogen and oxygen atoms in total. The average Bonchev–Trinajstić information content (AvgIpc) is 2.59. The van der Waals surface area contributed by atoms with Crippen molar-refractivity contribution in [1.82, 2.24) is 4.31 Å². The Morgan fingerprint density at radius 1 is 1.30 bits per heavy atom. The van der Waals surface area contributed by atoms with Crippen LogP contribution in [0.15, 0.2) is 23.1 Å². The van der Waals surface area contributed by atoms with Crippen molar-refractivity contribution in [3.8, 4) is 0 Å². The molecule has 1 amide bonds. The molecule has 20 heavy (non-hydrogen) atoms. The van der Waals surface area contributed by atoms with E-state index in [-0.39, 0.29) is 22.7 Å². The van der Waals surface area contributed by atoms with E-state index < -0.39 is 20.9 Å². The van der Waals surface area contributed by atoms with Gasteiger partial charge in [-0.05, 0) is 18.9 Å². The summed E-state index contributed by atoms with van der Waals surface area (Å²) in [5, 5.41) is 10.7. The quantitative estimate of drug-likeness (QED) is 0.356. The topological polar surface area (TPSA) is 97.6 Å². The zero-order valence-corrected chi connectivity index (χ0v) is 11.9. The van der Waals surface area contributed by atoms with Crippen LogP contribution in [-0.2, 0) is 10.0 Å². The maximum atomic E-state index is 12.2. The van der Waals surface area contributed by atoms with Crippen LogP contribution in [0, 0.1) is 10.1 Å². The normalized spacial score (nSPS) is 16.2. The summed E-state index contributed by atoms with van der Waals surface area (Å²) in [5.74, 6) is -0.348. The number of carbonyl (C=O) groups is 1. The molecule has 0 saturated carbocycles. The molecular weight excluding hydrogens is 308 g/mol. The number of rotatable bonds is 5. The Labute approximate surface area is 120 Å². The van der Waals surface area contributed by atoms with E-state index in [0.717, 1.165) is 22.5 Å². The van der Waals surface area contributed by atoms with Crippen LogP contribution in [-0.4, -0.2) is 36.0 Å². The first-order chi connectivity index (χ1) is 9.39. The molecule has 0 atom stereocenters. The number of nitrogens with zero attached hydrogens (tertiary/aromatic N) is 2. The monoisotopic (exact) mass is 318 g/mol. The van der Waals surface area contributed by atoms with Gasteiger partial charge in [0.25, 0.3) is 21.6 Å². The Kier molecular flexibility index (Phi) is 3.96. The first kappa shape index (κ1) is 14.7. The maximum absolute atomic E-state index is 12.2. The number of non-ortho nitro benzene ring substituents is 1. The lowest BCUT2D eigenvalue weighted by Gasteiger charge is -2.14. The van der Waals surface area contributed by atoms with E-state index in [0.29, 0.717) is 18.7 Å². The number of hydrogen-bond acceptors (Lipinski definition) is 5. The second kappa shape index (κ2) is 5.37. The van der Waals surface area contributed by atoms with Gasteiger partial charge in [0, 0.05) is 24.6 Å². The van der Waals surface area contributed by atoms with Crippen LogP contribution < -0.4 is 0 Å². The van der Waals surface area contributed by atoms with E-state index in [1.165, 1.54) is 0 Å². The predicted octanol–water partition coefficient (Wildman–Crippen LogP) is 1.76. The van der Waals surface area contributed by atoms with Crippen LogP contribution in [0.2, 0.25) is 0 Å². The third kappa shape index (κ3) is 2.36. The second-order valence-corrected chi connectivity index (χ2v) is 6.42. The number of nitro benzene ring substituents is 1. The lowest BCUT2D eigenvalue weighted by Crippen LogP contribution is -2.31. The zero-order valence-electron chi connectivity index (χ0n) is 10.3. The molecule has 0 aliphatic carbocycles. The third-order valence-corrected chi connectivity index (χ3v) is 5.05. The number of sulfonamides is 1. The van der Waals surface area contributed by atoms with Gasteiger partial charge >= 0.3 is 0 Å². The van der Waals surface area contributed by atoms with Gasteiger partial charge in [0.15, 0.2) is 0 Å². The van der Waals surface area contributed by atoms with Gasteiger partial charge in [-0.25, -0.2) is 12.7 Å². The highest BCUT2D eigenvalue weighted by Crippen LogP contribution is 2.32. The molecule has 1 aromatic carbocycles. The molecule has 0 aromatic heterocycles. The zero-order chi connectivity index (χ0) is 14.9. The minimum atomic E-state index is -3.90. The summed E-state index contributed by atoms with van der Waals surface area (Å²) in [6, 6.07) is 3.17. The Morgan fingerprint density at radius 3 is 2.60 bits per heavy atom. The molecule has 1 aliphatic rings. The number of nitro groups is 1. The fraction of sp³-hybridized carbons (Fsp3) is 0.364. The largest absolute Gasteiger partial charge is 0.270 e. The first-order valence-corrected chi connectivity index (χ1v) is 7.78. The van der Waals surface area contributed by atoms with Crippen LogP contribution in [0.4, 0.5) is 5.69 Å². The maximum Gasteiger partial charge on any atom is 0.270 e. The van der Waals surface area contributed by atoms with Crippen LogP contribution in [0.5, 0.6) is 0 Å². The van der Waals surface area contributed by atoms with Gasteiger partial charge in [-0.2, -0.15) is 0 Å². The summed E-state index contributed by atoms with van der Waals surface area (Å²) in [4.78, 5) is 21.9. The number of unbranched alkanes of at least 4 members (excludes halogenated alkanes) is 1. The van der Waals surface area contributed by atoms with E-state index >= 15 is 0 Å². The summed E-state index contributed by atoms with van der Waals surface area (Å²) in [6.45, 7) is 0.0242. The number of fused-ring (bicyclic) bond motifs is 1. The van der Waals surface area contributed by atoms with E-state index in [4.69, 9.17) is 11.6 Å². The molecule has 0 fully saturated rings. The van der Waals surface area contributed by atoms with Crippen molar-refractivity contribution in [3.63, 3.8) is 0 Å². The van der Waals surface area contributed by atoms with Gasteiger partial charge in [-0.15, -0.1) is 11.6 Å². The number of amides is 1. The highest BCUT2D eigenvalue weighted by molar-refractivity contribution is 7.90. The van der Waals surface area contributed by atoms with Crippen molar-refractivity contribution in [3.05, 3.63) is 33.9 Å². The second-order valence-electron chi connectivity index (χ2n) is 4.22. The summed E-state index contributed by atoms with van der Waals surface area (Å²) < 4.78 is 25.1. The molecule has 0 bridgehead atoms. The van der Waals surface area contributed by atoms with Crippen LogP contribution >= 0.6 is 11.6 Å². The molecule has 0 unspecified atom stereocenters. The molecule has 0 spiro atoms. The minimum Gasteiger partial charge on any atom is -0.268 e. The molecular formula is C11H11ClN2O5S.